The van der Waals surface area contributed by atoms with E-state index in [4.69, 9.17) is 0 Å². The molecule has 0 saturated heterocycles. The zero-order valence-electron chi connectivity index (χ0n) is 11.4. The van der Waals surface area contributed by atoms with Crippen LogP contribution in [0.15, 0.2) is 30.3 Å². The molecule has 0 bridgehead atoms. The van der Waals surface area contributed by atoms with E-state index in [1.807, 2.05) is 0 Å². The van der Waals surface area contributed by atoms with Crippen molar-refractivity contribution in [3.05, 3.63) is 30.3 Å². The Labute approximate surface area is 116 Å². The van der Waals surface area contributed by atoms with Gasteiger partial charge in [-0.05, 0) is 18.1 Å². The number of nitrogens with zero attached hydrogens (tertiary/aromatic N) is 1. The van der Waals surface area contributed by atoms with Crippen LogP contribution in [0.4, 0.5) is 14.6 Å². The lowest BCUT2D eigenvalue weighted by molar-refractivity contribution is -0.0494. The Balaban J connectivity index is 2.19. The number of alkyl halides is 2. The summed E-state index contributed by atoms with van der Waals surface area (Å²) in [6, 6.07) is 8.39. The maximum atomic E-state index is 12.4. The highest BCUT2D eigenvalue weighted by Gasteiger charge is 2.12. The summed E-state index contributed by atoms with van der Waals surface area (Å²) in [4.78, 5) is 0. The minimum absolute atomic E-state index is 0.126. The third-order valence-corrected chi connectivity index (χ3v) is 2.66. The summed E-state index contributed by atoms with van der Waals surface area (Å²) in [6.07, 6.45) is 0. The van der Waals surface area contributed by atoms with Crippen LogP contribution in [0, 0.1) is 5.92 Å². The molecule has 0 amide bonds. The molecule has 0 spiro atoms. The van der Waals surface area contributed by atoms with Crippen LogP contribution in [0.1, 0.15) is 13.8 Å². The van der Waals surface area contributed by atoms with Gasteiger partial charge < -0.3 is 10.1 Å². The summed E-state index contributed by atoms with van der Waals surface area (Å²) < 4.78 is 29.2. The first kappa shape index (κ1) is 14.3. The molecule has 0 aliphatic rings. The number of hydrogen-bond donors (Lipinski definition) is 2. The van der Waals surface area contributed by atoms with E-state index in [2.05, 4.69) is 34.1 Å². The Hall–Kier alpha value is -2.11. The molecule has 0 aliphatic heterocycles. The standard InChI is InChI=1S/C14H17F2N3O/c1-9(2)8-17-13-7-11(18-19-13)10-5-3-4-6-12(10)20-14(15)16/h3-7,9,14H,8H2,1-2H3,(H2,17,18,19). The molecule has 2 rings (SSSR count). The zero-order chi connectivity index (χ0) is 14.5. The molecule has 0 saturated carbocycles. The number of rotatable bonds is 6. The molecule has 20 heavy (non-hydrogen) atoms. The van der Waals surface area contributed by atoms with Gasteiger partial charge in [0.1, 0.15) is 11.6 Å². The van der Waals surface area contributed by atoms with Crippen molar-refractivity contribution in [2.24, 2.45) is 5.92 Å². The quantitative estimate of drug-likeness (QED) is 0.848. The largest absolute Gasteiger partial charge is 0.434 e. The second-order valence-corrected chi connectivity index (χ2v) is 4.82. The van der Waals surface area contributed by atoms with Crippen LogP contribution in [-0.4, -0.2) is 23.4 Å². The minimum Gasteiger partial charge on any atom is -0.434 e. The first-order valence-electron chi connectivity index (χ1n) is 6.39. The SMILES string of the molecule is CC(C)CNc1cc(-c2ccccc2OC(F)F)[nH]n1. The highest BCUT2D eigenvalue weighted by molar-refractivity contribution is 5.69. The average Bonchev–Trinajstić information content (AvgIpc) is 2.85. The number of benzene rings is 1. The molecule has 0 aliphatic carbocycles. The highest BCUT2D eigenvalue weighted by Crippen LogP contribution is 2.30. The molecule has 1 aromatic carbocycles. The summed E-state index contributed by atoms with van der Waals surface area (Å²) >= 11 is 0. The van der Waals surface area contributed by atoms with Gasteiger partial charge in [-0.15, -0.1) is 0 Å². The Morgan fingerprint density at radius 2 is 2.05 bits per heavy atom. The van der Waals surface area contributed by atoms with Crippen LogP contribution in [0.3, 0.4) is 0 Å². The lowest BCUT2D eigenvalue weighted by Gasteiger charge is -2.08. The molecule has 2 N–H and O–H groups in total. The molecule has 1 heterocycles. The van der Waals surface area contributed by atoms with Gasteiger partial charge in [0.05, 0.1) is 5.69 Å². The first-order valence-corrected chi connectivity index (χ1v) is 6.39. The topological polar surface area (TPSA) is 49.9 Å². The van der Waals surface area contributed by atoms with Gasteiger partial charge in [-0.3, -0.25) is 5.10 Å². The number of para-hydroxylation sites is 1. The van der Waals surface area contributed by atoms with E-state index in [1.54, 1.807) is 24.3 Å². The molecule has 108 valence electrons. The van der Waals surface area contributed by atoms with Crippen molar-refractivity contribution in [1.82, 2.24) is 10.2 Å². The predicted molar refractivity (Wildman–Crippen MR) is 74.0 cm³/mol. The van der Waals surface area contributed by atoms with Crippen LogP contribution in [0.5, 0.6) is 5.75 Å². The van der Waals surface area contributed by atoms with E-state index in [1.165, 1.54) is 6.07 Å². The Kier molecular flexibility index (Phi) is 4.55. The molecule has 0 unspecified atom stereocenters. The zero-order valence-corrected chi connectivity index (χ0v) is 11.4. The smallest absolute Gasteiger partial charge is 0.387 e. The molecule has 0 atom stereocenters. The van der Waals surface area contributed by atoms with Crippen LogP contribution in [0.25, 0.3) is 11.3 Å². The van der Waals surface area contributed by atoms with E-state index >= 15 is 0 Å². The number of hydrogen-bond acceptors (Lipinski definition) is 3. The van der Waals surface area contributed by atoms with Gasteiger partial charge in [-0.2, -0.15) is 13.9 Å². The summed E-state index contributed by atoms with van der Waals surface area (Å²) in [5.41, 5.74) is 1.19. The number of anilines is 1. The molecule has 6 heteroatoms. The van der Waals surface area contributed by atoms with E-state index in [-0.39, 0.29) is 5.75 Å². The first-order chi connectivity index (χ1) is 9.56. The molecule has 1 aromatic heterocycles. The van der Waals surface area contributed by atoms with E-state index in [0.717, 1.165) is 6.54 Å². The molecule has 2 aromatic rings. The summed E-state index contributed by atoms with van der Waals surface area (Å²) in [5.74, 6) is 1.30. The van der Waals surface area contributed by atoms with Crippen molar-refractivity contribution in [2.45, 2.75) is 20.5 Å². The molecule has 0 radical (unpaired) electrons. The van der Waals surface area contributed by atoms with Gasteiger partial charge in [0, 0.05) is 18.2 Å². The fourth-order valence-electron chi connectivity index (χ4n) is 1.75. The molecule has 4 nitrogen and oxygen atoms in total. The number of aromatic amines is 1. The monoisotopic (exact) mass is 281 g/mol. The van der Waals surface area contributed by atoms with Crippen LogP contribution < -0.4 is 10.1 Å². The maximum Gasteiger partial charge on any atom is 0.387 e. The number of H-pyrrole nitrogens is 1. The lowest BCUT2D eigenvalue weighted by Crippen LogP contribution is -2.07. The maximum absolute atomic E-state index is 12.4. The highest BCUT2D eigenvalue weighted by atomic mass is 19.3. The van der Waals surface area contributed by atoms with Crippen molar-refractivity contribution in [2.75, 3.05) is 11.9 Å². The normalized spacial score (nSPS) is 11.1. The second-order valence-electron chi connectivity index (χ2n) is 4.82. The Morgan fingerprint density at radius 3 is 2.75 bits per heavy atom. The Bertz CT molecular complexity index is 555. The van der Waals surface area contributed by atoms with Crippen molar-refractivity contribution in [3.8, 4) is 17.0 Å². The molecular formula is C14H17F2N3O. The molecular weight excluding hydrogens is 264 g/mol. The number of aromatic nitrogens is 2. The van der Waals surface area contributed by atoms with Gasteiger partial charge >= 0.3 is 6.61 Å². The van der Waals surface area contributed by atoms with Crippen LogP contribution in [0.2, 0.25) is 0 Å². The minimum atomic E-state index is -2.85. The van der Waals surface area contributed by atoms with Crippen molar-refractivity contribution < 1.29 is 13.5 Å². The van der Waals surface area contributed by atoms with Gasteiger partial charge in [-0.25, -0.2) is 0 Å². The van der Waals surface area contributed by atoms with Crippen LogP contribution in [-0.2, 0) is 0 Å². The van der Waals surface area contributed by atoms with Crippen molar-refractivity contribution in [1.29, 1.82) is 0 Å². The van der Waals surface area contributed by atoms with E-state index < -0.39 is 6.61 Å². The van der Waals surface area contributed by atoms with Gasteiger partial charge in [0.15, 0.2) is 0 Å². The Morgan fingerprint density at radius 1 is 1.30 bits per heavy atom. The van der Waals surface area contributed by atoms with Crippen LogP contribution >= 0.6 is 0 Å². The van der Waals surface area contributed by atoms with Crippen molar-refractivity contribution >= 4 is 5.82 Å². The summed E-state index contributed by atoms with van der Waals surface area (Å²) in [6.45, 7) is 2.12. The predicted octanol–water partition coefficient (Wildman–Crippen LogP) is 3.75. The summed E-state index contributed by atoms with van der Waals surface area (Å²) in [5, 5.41) is 10.1. The average molecular weight is 281 g/mol. The fourth-order valence-corrected chi connectivity index (χ4v) is 1.75. The fraction of sp³-hybridized carbons (Fsp3) is 0.357. The third-order valence-electron chi connectivity index (χ3n) is 2.66. The van der Waals surface area contributed by atoms with Gasteiger partial charge in [0.25, 0.3) is 0 Å². The van der Waals surface area contributed by atoms with Gasteiger partial charge in [0.2, 0.25) is 0 Å². The number of nitrogens with one attached hydrogen (secondary N) is 2. The third kappa shape index (κ3) is 3.69. The summed E-state index contributed by atoms with van der Waals surface area (Å²) in [7, 11) is 0. The van der Waals surface area contributed by atoms with Crippen molar-refractivity contribution in [3.63, 3.8) is 0 Å². The van der Waals surface area contributed by atoms with Gasteiger partial charge in [-0.1, -0.05) is 26.0 Å². The van der Waals surface area contributed by atoms with E-state index in [0.29, 0.717) is 23.0 Å². The number of halogens is 2. The second kappa shape index (κ2) is 6.36. The molecule has 0 fully saturated rings. The lowest BCUT2D eigenvalue weighted by atomic mass is 10.1. The van der Waals surface area contributed by atoms with E-state index in [9.17, 15) is 8.78 Å². The number of ether oxygens (including phenoxy) is 1.